The molecule has 6 heteroatoms. The second-order valence-electron chi connectivity index (χ2n) is 10.2. The summed E-state index contributed by atoms with van der Waals surface area (Å²) in [6.07, 6.45) is 12.1. The lowest BCUT2D eigenvalue weighted by Crippen LogP contribution is -2.49. The number of carbonyl (C=O) groups is 1. The van der Waals surface area contributed by atoms with E-state index < -0.39 is 0 Å². The molecule has 1 aromatic heterocycles. The zero-order chi connectivity index (χ0) is 23.8. The molecule has 2 aromatic rings. The highest BCUT2D eigenvalue weighted by molar-refractivity contribution is 5.95. The second kappa shape index (κ2) is 9.47. The van der Waals surface area contributed by atoms with Crippen molar-refractivity contribution < 1.29 is 9.53 Å². The summed E-state index contributed by atoms with van der Waals surface area (Å²) in [7, 11) is 0. The van der Waals surface area contributed by atoms with Gasteiger partial charge in [-0.3, -0.25) is 4.79 Å². The third-order valence-electron chi connectivity index (χ3n) is 8.17. The van der Waals surface area contributed by atoms with E-state index in [2.05, 4.69) is 29.2 Å². The molecule has 6 rings (SSSR count). The fraction of sp³-hybridized carbons (Fsp3) is 0.483. The first-order chi connectivity index (χ1) is 17.2. The molecule has 0 N–H and O–H groups in total. The van der Waals surface area contributed by atoms with Crippen LogP contribution in [0.4, 0.5) is 5.82 Å². The minimum Gasteiger partial charge on any atom is -0.376 e. The number of amides is 1. The maximum atomic E-state index is 13.2. The van der Waals surface area contributed by atoms with Gasteiger partial charge in [0.2, 0.25) is 0 Å². The van der Waals surface area contributed by atoms with E-state index in [4.69, 9.17) is 9.72 Å². The maximum absolute atomic E-state index is 13.2. The van der Waals surface area contributed by atoms with Crippen LogP contribution < -0.4 is 4.90 Å². The fourth-order valence-corrected chi connectivity index (χ4v) is 6.21. The first-order valence-electron chi connectivity index (χ1n) is 13.1. The molecule has 0 radical (unpaired) electrons. The van der Waals surface area contributed by atoms with Crippen LogP contribution in [0.2, 0.25) is 0 Å². The van der Waals surface area contributed by atoms with E-state index in [0.29, 0.717) is 50.9 Å². The molecular weight excluding hydrogens is 436 g/mol. The van der Waals surface area contributed by atoms with E-state index in [9.17, 15) is 10.1 Å². The topological polar surface area (TPSA) is 69.5 Å². The average Bonchev–Trinajstić information content (AvgIpc) is 3.40. The lowest BCUT2D eigenvalue weighted by atomic mass is 9.82. The predicted molar refractivity (Wildman–Crippen MR) is 135 cm³/mol. The molecule has 180 valence electrons. The van der Waals surface area contributed by atoms with Gasteiger partial charge in [-0.15, -0.1) is 0 Å². The first kappa shape index (κ1) is 22.3. The molecule has 2 fully saturated rings. The van der Waals surface area contributed by atoms with Gasteiger partial charge in [-0.05, 0) is 54.5 Å². The fourth-order valence-electron chi connectivity index (χ4n) is 6.21. The molecule has 1 saturated carbocycles. The van der Waals surface area contributed by atoms with Crippen LogP contribution in [-0.4, -0.2) is 48.6 Å². The monoisotopic (exact) mass is 468 g/mol. The predicted octanol–water partition coefficient (Wildman–Crippen LogP) is 4.61. The van der Waals surface area contributed by atoms with Crippen molar-refractivity contribution >= 4 is 17.8 Å². The van der Waals surface area contributed by atoms with Gasteiger partial charge in [0.1, 0.15) is 11.9 Å². The van der Waals surface area contributed by atoms with Crippen molar-refractivity contribution in [3.63, 3.8) is 0 Å². The Bertz CT molecular complexity index is 1210. The van der Waals surface area contributed by atoms with E-state index >= 15 is 0 Å². The van der Waals surface area contributed by atoms with Gasteiger partial charge in [-0.2, -0.15) is 5.26 Å². The van der Waals surface area contributed by atoms with E-state index in [0.717, 1.165) is 41.0 Å². The Balaban J connectivity index is 1.25. The van der Waals surface area contributed by atoms with Gasteiger partial charge in [0.15, 0.2) is 0 Å². The van der Waals surface area contributed by atoms with Crippen molar-refractivity contribution in [3.05, 3.63) is 63.3 Å². The van der Waals surface area contributed by atoms with Crippen molar-refractivity contribution in [2.24, 2.45) is 0 Å². The summed E-state index contributed by atoms with van der Waals surface area (Å²) in [5.41, 5.74) is 7.40. The lowest BCUT2D eigenvalue weighted by Gasteiger charge is -2.37. The normalized spacial score (nSPS) is 19.9. The second-order valence-corrected chi connectivity index (χ2v) is 10.2. The zero-order valence-electron chi connectivity index (χ0n) is 20.3. The molecule has 1 saturated heterocycles. The van der Waals surface area contributed by atoms with Gasteiger partial charge in [-0.25, -0.2) is 4.98 Å². The molecule has 0 spiro atoms. The zero-order valence-corrected chi connectivity index (χ0v) is 20.3. The van der Waals surface area contributed by atoms with Crippen LogP contribution in [-0.2, 0) is 24.2 Å². The average molecular weight is 469 g/mol. The highest BCUT2D eigenvalue weighted by Crippen LogP contribution is 2.39. The Kier molecular flexibility index (Phi) is 6.03. The number of rotatable bonds is 3. The Morgan fingerprint density at radius 1 is 1.09 bits per heavy atom. The molecule has 2 aliphatic heterocycles. The molecule has 1 aromatic carbocycles. The first-order valence-corrected chi connectivity index (χ1v) is 13.1. The maximum Gasteiger partial charge on any atom is 0.253 e. The number of hydrogen-bond acceptors (Lipinski definition) is 5. The van der Waals surface area contributed by atoms with Crippen LogP contribution in [0, 0.1) is 11.3 Å². The number of allylic oxidation sites excluding steroid dienone is 1. The van der Waals surface area contributed by atoms with E-state index in [1.165, 1.54) is 43.2 Å². The number of ether oxygens (including phenoxy) is 1. The molecule has 0 atom stereocenters. The Morgan fingerprint density at radius 3 is 2.71 bits per heavy atom. The molecule has 4 aliphatic rings. The summed E-state index contributed by atoms with van der Waals surface area (Å²) >= 11 is 0. The summed E-state index contributed by atoms with van der Waals surface area (Å²) in [5.74, 6) is 1.37. The highest BCUT2D eigenvalue weighted by atomic mass is 16.5. The molecule has 0 unspecified atom stereocenters. The Hall–Kier alpha value is -3.17. The van der Waals surface area contributed by atoms with Crippen molar-refractivity contribution in [1.82, 2.24) is 9.88 Å². The van der Waals surface area contributed by atoms with Crippen LogP contribution in [0.5, 0.6) is 0 Å². The third kappa shape index (κ3) is 4.12. The summed E-state index contributed by atoms with van der Waals surface area (Å²) in [6, 6.07) is 8.54. The van der Waals surface area contributed by atoms with Gasteiger partial charge in [-0.1, -0.05) is 37.5 Å². The summed E-state index contributed by atoms with van der Waals surface area (Å²) in [5, 5.41) is 10.1. The van der Waals surface area contributed by atoms with Crippen LogP contribution in [0.25, 0.3) is 6.08 Å². The van der Waals surface area contributed by atoms with Crippen LogP contribution in [0.15, 0.2) is 24.3 Å². The number of benzene rings is 1. The number of anilines is 1. The number of carbonyl (C=O) groups excluding carboxylic acids is 1. The molecular formula is C29H32N4O2. The summed E-state index contributed by atoms with van der Waals surface area (Å²) < 4.78 is 5.81. The van der Waals surface area contributed by atoms with E-state index in [1.54, 1.807) is 0 Å². The lowest BCUT2D eigenvalue weighted by molar-refractivity contribution is 0.0746. The molecule has 3 heterocycles. The standard InChI is InChI=1S/C29H32N4O2/c30-18-25-24-11-16-35-19-26(24)27(21-5-2-1-3-6-21)31-28(25)32-12-14-33(15-13-32)29(34)23-10-9-20-7-4-8-22(20)17-23/h4,8-10,17,21H,1-3,5-7,11-16,19H2. The number of aromatic nitrogens is 1. The van der Waals surface area contributed by atoms with Crippen LogP contribution >= 0.6 is 0 Å². The highest BCUT2D eigenvalue weighted by Gasteiger charge is 2.31. The van der Waals surface area contributed by atoms with Gasteiger partial charge < -0.3 is 14.5 Å². The molecule has 0 bridgehead atoms. The Labute approximate surface area is 207 Å². The Morgan fingerprint density at radius 2 is 1.91 bits per heavy atom. The summed E-state index contributed by atoms with van der Waals surface area (Å²) in [4.78, 5) is 22.6. The largest absolute Gasteiger partial charge is 0.376 e. The molecule has 35 heavy (non-hydrogen) atoms. The summed E-state index contributed by atoms with van der Waals surface area (Å²) in [6.45, 7) is 3.89. The van der Waals surface area contributed by atoms with Crippen molar-refractivity contribution in [2.45, 2.75) is 57.5 Å². The van der Waals surface area contributed by atoms with Crippen molar-refractivity contribution in [2.75, 3.05) is 37.7 Å². The number of hydrogen-bond donors (Lipinski definition) is 0. The van der Waals surface area contributed by atoms with Gasteiger partial charge in [0, 0.05) is 43.2 Å². The number of fused-ring (bicyclic) bond motifs is 2. The SMILES string of the molecule is N#Cc1c(N2CCN(C(=O)c3ccc4c(c3)C=CC4)CC2)nc(C2CCCCC2)c2c1CCOC2. The quantitative estimate of drug-likeness (QED) is 0.658. The van der Waals surface area contributed by atoms with E-state index in [1.807, 2.05) is 17.0 Å². The van der Waals surface area contributed by atoms with Crippen LogP contribution in [0.3, 0.4) is 0 Å². The minimum atomic E-state index is 0.0895. The van der Waals surface area contributed by atoms with Gasteiger partial charge in [0.25, 0.3) is 5.91 Å². The molecule has 1 amide bonds. The van der Waals surface area contributed by atoms with Gasteiger partial charge in [0.05, 0.1) is 24.5 Å². The van der Waals surface area contributed by atoms with Crippen molar-refractivity contribution in [3.8, 4) is 6.07 Å². The molecule has 2 aliphatic carbocycles. The number of piperazine rings is 1. The number of pyridine rings is 1. The van der Waals surface area contributed by atoms with Gasteiger partial charge >= 0.3 is 0 Å². The smallest absolute Gasteiger partial charge is 0.253 e. The number of nitrogens with zero attached hydrogens (tertiary/aromatic N) is 4. The minimum absolute atomic E-state index is 0.0895. The van der Waals surface area contributed by atoms with Crippen molar-refractivity contribution in [1.29, 1.82) is 5.26 Å². The van der Waals surface area contributed by atoms with E-state index in [-0.39, 0.29) is 5.91 Å². The van der Waals surface area contributed by atoms with Crippen LogP contribution in [0.1, 0.15) is 81.9 Å². The number of nitriles is 1. The molecule has 6 nitrogen and oxygen atoms in total. The third-order valence-corrected chi connectivity index (χ3v) is 8.17.